The summed E-state index contributed by atoms with van der Waals surface area (Å²) in [6, 6.07) is 9.49. The third kappa shape index (κ3) is 3.85. The van der Waals surface area contributed by atoms with Gasteiger partial charge in [-0.25, -0.2) is 9.78 Å². The molecule has 3 aromatic rings. The number of fused-ring (bicyclic) bond motifs is 1. The zero-order valence-corrected chi connectivity index (χ0v) is 15.3. The Balaban J connectivity index is 2.11. The Morgan fingerprint density at radius 1 is 1.04 bits per heavy atom. The van der Waals surface area contributed by atoms with Crippen LogP contribution in [0.15, 0.2) is 42.6 Å². The van der Waals surface area contributed by atoms with Crippen molar-refractivity contribution in [3.63, 3.8) is 0 Å². The Morgan fingerprint density at radius 3 is 2.29 bits per heavy atom. The Kier molecular flexibility index (Phi) is 5.12. The molecule has 1 atom stereocenters. The number of hydrogen-bond acceptors (Lipinski definition) is 4. The lowest BCUT2D eigenvalue weighted by Crippen LogP contribution is -2.42. The van der Waals surface area contributed by atoms with Crippen LogP contribution in [-0.2, 0) is 9.59 Å². The normalized spacial score (nSPS) is 11.9. The van der Waals surface area contributed by atoms with Gasteiger partial charge in [-0.1, -0.05) is 35.9 Å². The van der Waals surface area contributed by atoms with Gasteiger partial charge in [0.15, 0.2) is 0 Å². The minimum absolute atomic E-state index is 0.152. The molecular formula is C20H19N3O5. The molecule has 8 nitrogen and oxygen atoms in total. The number of carboxylic acid groups (broad SMARTS) is 2. The number of aliphatic carboxylic acids is 2. The first-order valence-corrected chi connectivity index (χ1v) is 8.57. The lowest BCUT2D eigenvalue weighted by molar-refractivity contribution is -0.145. The molecule has 2 heterocycles. The molecule has 1 aromatic carbocycles. The largest absolute Gasteiger partial charge is 0.481 e. The van der Waals surface area contributed by atoms with Gasteiger partial charge in [0.2, 0.25) is 0 Å². The fraction of sp³-hybridized carbons (Fsp3) is 0.200. The number of amides is 1. The number of nitrogens with one attached hydrogen (secondary N) is 1. The maximum atomic E-state index is 13.0. The van der Waals surface area contributed by atoms with Gasteiger partial charge in [-0.05, 0) is 25.5 Å². The van der Waals surface area contributed by atoms with Gasteiger partial charge in [-0.2, -0.15) is 0 Å². The molecule has 0 aliphatic rings. The zero-order chi connectivity index (χ0) is 20.4. The highest BCUT2D eigenvalue weighted by Gasteiger charge is 2.27. The van der Waals surface area contributed by atoms with Crippen LogP contribution in [0.25, 0.3) is 16.9 Å². The number of nitrogens with zero attached hydrogens (tertiary/aromatic N) is 2. The van der Waals surface area contributed by atoms with Crippen molar-refractivity contribution >= 4 is 23.5 Å². The van der Waals surface area contributed by atoms with Crippen molar-refractivity contribution < 1.29 is 24.6 Å². The molecule has 0 saturated heterocycles. The van der Waals surface area contributed by atoms with Crippen molar-refractivity contribution in [1.29, 1.82) is 0 Å². The number of aromatic nitrogens is 2. The predicted octanol–water partition coefficient (Wildman–Crippen LogP) is 2.28. The third-order valence-electron chi connectivity index (χ3n) is 4.29. The topological polar surface area (TPSA) is 121 Å². The first-order chi connectivity index (χ1) is 13.3. The van der Waals surface area contributed by atoms with Crippen LogP contribution >= 0.6 is 0 Å². The van der Waals surface area contributed by atoms with E-state index in [-0.39, 0.29) is 5.69 Å². The van der Waals surface area contributed by atoms with Gasteiger partial charge in [0.25, 0.3) is 5.91 Å². The Morgan fingerprint density at radius 2 is 1.68 bits per heavy atom. The molecule has 0 spiro atoms. The van der Waals surface area contributed by atoms with Crippen LogP contribution in [0.2, 0.25) is 0 Å². The lowest BCUT2D eigenvalue weighted by Gasteiger charge is -2.13. The molecule has 0 aliphatic heterocycles. The van der Waals surface area contributed by atoms with E-state index >= 15 is 0 Å². The monoisotopic (exact) mass is 381 g/mol. The molecule has 0 saturated carbocycles. The summed E-state index contributed by atoms with van der Waals surface area (Å²) in [5.41, 5.74) is 3.69. The van der Waals surface area contributed by atoms with Gasteiger partial charge in [-0.15, -0.1) is 0 Å². The van der Waals surface area contributed by atoms with E-state index in [1.807, 2.05) is 44.2 Å². The molecule has 1 unspecified atom stereocenters. The fourth-order valence-electron chi connectivity index (χ4n) is 2.88. The predicted molar refractivity (Wildman–Crippen MR) is 101 cm³/mol. The minimum atomic E-state index is -1.55. The van der Waals surface area contributed by atoms with E-state index in [4.69, 9.17) is 5.11 Å². The number of rotatable bonds is 6. The summed E-state index contributed by atoms with van der Waals surface area (Å²) in [5, 5.41) is 20.5. The van der Waals surface area contributed by atoms with E-state index in [1.54, 1.807) is 16.7 Å². The molecule has 0 aliphatic carbocycles. The summed E-state index contributed by atoms with van der Waals surface area (Å²) in [6.45, 7) is 3.80. The van der Waals surface area contributed by atoms with E-state index < -0.39 is 30.3 Å². The van der Waals surface area contributed by atoms with E-state index in [1.165, 1.54) is 0 Å². The maximum absolute atomic E-state index is 13.0. The molecule has 0 bridgehead atoms. The first kappa shape index (κ1) is 19.1. The highest BCUT2D eigenvalue weighted by atomic mass is 16.4. The zero-order valence-electron chi connectivity index (χ0n) is 15.3. The van der Waals surface area contributed by atoms with E-state index in [9.17, 15) is 19.5 Å². The van der Waals surface area contributed by atoms with Crippen molar-refractivity contribution in [3.8, 4) is 11.3 Å². The van der Waals surface area contributed by atoms with Gasteiger partial charge < -0.3 is 15.5 Å². The molecule has 8 heteroatoms. The van der Waals surface area contributed by atoms with Gasteiger partial charge in [0.05, 0.1) is 6.42 Å². The SMILES string of the molecule is Cc1ccc(-c2nc3ccc(C)cn3c2C(=O)NC(CC(=O)O)C(=O)O)cc1. The van der Waals surface area contributed by atoms with Crippen LogP contribution in [0.1, 0.15) is 28.0 Å². The average molecular weight is 381 g/mol. The lowest BCUT2D eigenvalue weighted by atomic mass is 10.1. The summed E-state index contributed by atoms with van der Waals surface area (Å²) >= 11 is 0. The van der Waals surface area contributed by atoms with Gasteiger partial charge in [0.1, 0.15) is 23.1 Å². The number of benzene rings is 1. The number of carbonyl (C=O) groups is 3. The second-order valence-electron chi connectivity index (χ2n) is 6.57. The molecular weight excluding hydrogens is 362 g/mol. The summed E-state index contributed by atoms with van der Waals surface area (Å²) < 4.78 is 1.58. The first-order valence-electron chi connectivity index (χ1n) is 8.57. The highest BCUT2D eigenvalue weighted by molar-refractivity contribution is 6.01. The van der Waals surface area contributed by atoms with Crippen molar-refractivity contribution in [2.45, 2.75) is 26.3 Å². The van der Waals surface area contributed by atoms with Gasteiger partial charge in [-0.3, -0.25) is 14.0 Å². The van der Waals surface area contributed by atoms with Crippen LogP contribution in [0, 0.1) is 13.8 Å². The van der Waals surface area contributed by atoms with Gasteiger partial charge >= 0.3 is 11.9 Å². The molecule has 3 N–H and O–H groups in total. The Hall–Kier alpha value is -3.68. The summed E-state index contributed by atoms with van der Waals surface area (Å²) in [7, 11) is 0. The number of carbonyl (C=O) groups excluding carboxylic acids is 1. The quantitative estimate of drug-likeness (QED) is 0.602. The molecule has 28 heavy (non-hydrogen) atoms. The molecule has 2 aromatic heterocycles. The Bertz CT molecular complexity index is 1070. The standard InChI is InChI=1S/C20H19N3O5/c1-11-3-6-13(7-4-11)17-18(23-10-12(2)5-8-15(23)22-17)19(26)21-14(20(27)28)9-16(24)25/h3-8,10,14H,9H2,1-2H3,(H,21,26)(H,24,25)(H,27,28). The number of carboxylic acids is 2. The van der Waals surface area contributed by atoms with Crippen LogP contribution in [-0.4, -0.2) is 43.5 Å². The maximum Gasteiger partial charge on any atom is 0.326 e. The smallest absolute Gasteiger partial charge is 0.326 e. The van der Waals surface area contributed by atoms with Crippen LogP contribution in [0.4, 0.5) is 0 Å². The van der Waals surface area contributed by atoms with Crippen LogP contribution in [0.3, 0.4) is 0 Å². The minimum Gasteiger partial charge on any atom is -0.481 e. The van der Waals surface area contributed by atoms with Crippen molar-refractivity contribution in [2.24, 2.45) is 0 Å². The number of hydrogen-bond donors (Lipinski definition) is 3. The second kappa shape index (κ2) is 7.51. The van der Waals surface area contributed by atoms with E-state index in [0.717, 1.165) is 11.1 Å². The fourth-order valence-corrected chi connectivity index (χ4v) is 2.88. The highest BCUT2D eigenvalue weighted by Crippen LogP contribution is 2.25. The van der Waals surface area contributed by atoms with Crippen LogP contribution in [0.5, 0.6) is 0 Å². The summed E-state index contributed by atoms with van der Waals surface area (Å²) in [4.78, 5) is 39.8. The summed E-state index contributed by atoms with van der Waals surface area (Å²) in [6.07, 6.45) is 0.999. The number of aryl methyl sites for hydroxylation is 2. The second-order valence-corrected chi connectivity index (χ2v) is 6.57. The molecule has 0 radical (unpaired) electrons. The van der Waals surface area contributed by atoms with E-state index in [0.29, 0.717) is 16.9 Å². The number of pyridine rings is 1. The molecule has 144 valence electrons. The molecule has 3 rings (SSSR count). The third-order valence-corrected chi connectivity index (χ3v) is 4.29. The van der Waals surface area contributed by atoms with Crippen molar-refractivity contribution in [1.82, 2.24) is 14.7 Å². The van der Waals surface area contributed by atoms with Crippen molar-refractivity contribution in [2.75, 3.05) is 0 Å². The molecule has 0 fully saturated rings. The number of imidazole rings is 1. The average Bonchev–Trinajstić information content (AvgIpc) is 2.99. The van der Waals surface area contributed by atoms with E-state index in [2.05, 4.69) is 10.3 Å². The summed E-state index contributed by atoms with van der Waals surface area (Å²) in [5.74, 6) is -3.44. The Labute approximate surface area is 160 Å². The van der Waals surface area contributed by atoms with Crippen LogP contribution < -0.4 is 5.32 Å². The van der Waals surface area contributed by atoms with Gasteiger partial charge in [0, 0.05) is 11.8 Å². The molecule has 1 amide bonds. The van der Waals surface area contributed by atoms with Crippen molar-refractivity contribution in [3.05, 3.63) is 59.4 Å².